The quantitative estimate of drug-likeness (QED) is 0.661. The number of aromatic nitrogens is 1. The summed E-state index contributed by atoms with van der Waals surface area (Å²) in [5.74, 6) is 0.308. The van der Waals surface area contributed by atoms with Crippen LogP contribution in [0.3, 0.4) is 0 Å². The van der Waals surface area contributed by atoms with Crippen LogP contribution >= 0.6 is 0 Å². The summed E-state index contributed by atoms with van der Waals surface area (Å²) in [6.07, 6.45) is 1.69. The summed E-state index contributed by atoms with van der Waals surface area (Å²) < 4.78 is 0. The van der Waals surface area contributed by atoms with Gasteiger partial charge in [-0.25, -0.2) is 4.98 Å². The smallest absolute Gasteiger partial charge is 0.239 e. The molecule has 0 aliphatic rings. The van der Waals surface area contributed by atoms with E-state index >= 15 is 0 Å². The molecule has 4 heteroatoms. The Morgan fingerprint density at radius 2 is 2.42 bits per heavy atom. The molecule has 0 unspecified atom stereocenters. The molecule has 1 heterocycles. The summed E-state index contributed by atoms with van der Waals surface area (Å²) in [7, 11) is 0. The van der Waals surface area contributed by atoms with Gasteiger partial charge in [-0.05, 0) is 18.6 Å². The highest BCUT2D eigenvalue weighted by atomic mass is 16.1. The zero-order chi connectivity index (χ0) is 8.97. The zero-order valence-corrected chi connectivity index (χ0v) is 6.87. The summed E-state index contributed by atoms with van der Waals surface area (Å²) in [4.78, 5) is 14.8. The van der Waals surface area contributed by atoms with Gasteiger partial charge in [0.05, 0.1) is 6.54 Å². The van der Waals surface area contributed by atoms with Crippen molar-refractivity contribution in [1.29, 1.82) is 0 Å². The standard InChI is InChI=1S/C8H11N3O/c1-6-2-3-7(10-5-6)11-8(12)4-9/h2-3,5H,4,9H2,1H3,(H,10,11,12). The number of pyridine rings is 1. The summed E-state index contributed by atoms with van der Waals surface area (Å²) in [5.41, 5.74) is 6.17. The molecule has 0 aliphatic carbocycles. The van der Waals surface area contributed by atoms with E-state index in [1.165, 1.54) is 0 Å². The van der Waals surface area contributed by atoms with Gasteiger partial charge < -0.3 is 11.1 Å². The summed E-state index contributed by atoms with van der Waals surface area (Å²) in [6, 6.07) is 3.61. The van der Waals surface area contributed by atoms with Gasteiger partial charge in [0, 0.05) is 6.20 Å². The lowest BCUT2D eigenvalue weighted by Crippen LogP contribution is -2.22. The van der Waals surface area contributed by atoms with E-state index in [0.29, 0.717) is 5.82 Å². The lowest BCUT2D eigenvalue weighted by Gasteiger charge is -2.01. The third-order valence-electron chi connectivity index (χ3n) is 1.36. The van der Waals surface area contributed by atoms with Crippen molar-refractivity contribution in [2.75, 3.05) is 11.9 Å². The lowest BCUT2D eigenvalue weighted by atomic mass is 10.3. The molecule has 1 aromatic rings. The predicted molar refractivity (Wildman–Crippen MR) is 46.7 cm³/mol. The van der Waals surface area contributed by atoms with Gasteiger partial charge in [0.2, 0.25) is 5.91 Å². The zero-order valence-electron chi connectivity index (χ0n) is 6.87. The Bertz CT molecular complexity index is 268. The second kappa shape index (κ2) is 3.82. The highest BCUT2D eigenvalue weighted by Crippen LogP contribution is 2.02. The first-order valence-corrected chi connectivity index (χ1v) is 3.65. The molecule has 1 amide bonds. The maximum absolute atomic E-state index is 10.8. The molecule has 0 radical (unpaired) electrons. The molecule has 4 nitrogen and oxygen atoms in total. The van der Waals surface area contributed by atoms with Gasteiger partial charge in [-0.1, -0.05) is 6.07 Å². The van der Waals surface area contributed by atoms with Crippen molar-refractivity contribution in [3.8, 4) is 0 Å². The van der Waals surface area contributed by atoms with Crippen LogP contribution in [0.15, 0.2) is 18.3 Å². The molecule has 0 spiro atoms. The number of carbonyl (C=O) groups excluding carboxylic acids is 1. The van der Waals surface area contributed by atoms with Crippen LogP contribution in [0.25, 0.3) is 0 Å². The van der Waals surface area contributed by atoms with E-state index in [4.69, 9.17) is 5.73 Å². The topological polar surface area (TPSA) is 68.0 Å². The first-order chi connectivity index (χ1) is 5.72. The minimum atomic E-state index is -0.230. The molecule has 1 aromatic heterocycles. The Hall–Kier alpha value is -1.42. The van der Waals surface area contributed by atoms with Gasteiger partial charge in [0.25, 0.3) is 0 Å². The van der Waals surface area contributed by atoms with E-state index in [1.54, 1.807) is 12.3 Å². The number of aryl methyl sites for hydroxylation is 1. The van der Waals surface area contributed by atoms with E-state index in [0.717, 1.165) is 5.56 Å². The summed E-state index contributed by atoms with van der Waals surface area (Å²) in [6.45, 7) is 1.91. The van der Waals surface area contributed by atoms with Crippen molar-refractivity contribution in [3.63, 3.8) is 0 Å². The molecule has 0 aliphatic heterocycles. The largest absolute Gasteiger partial charge is 0.322 e. The van der Waals surface area contributed by atoms with Crippen LogP contribution in [0.1, 0.15) is 5.56 Å². The average Bonchev–Trinajstić information content (AvgIpc) is 2.09. The second-order valence-corrected chi connectivity index (χ2v) is 2.47. The Balaban J connectivity index is 2.64. The lowest BCUT2D eigenvalue weighted by molar-refractivity contribution is -0.114. The van der Waals surface area contributed by atoms with Gasteiger partial charge in [-0.15, -0.1) is 0 Å². The molecule has 0 saturated carbocycles. The second-order valence-electron chi connectivity index (χ2n) is 2.47. The van der Waals surface area contributed by atoms with Gasteiger partial charge in [-0.2, -0.15) is 0 Å². The Morgan fingerprint density at radius 3 is 2.92 bits per heavy atom. The maximum atomic E-state index is 10.8. The van der Waals surface area contributed by atoms with Crippen molar-refractivity contribution in [1.82, 2.24) is 4.98 Å². The van der Waals surface area contributed by atoms with Crippen LogP contribution < -0.4 is 11.1 Å². The number of nitrogens with one attached hydrogen (secondary N) is 1. The number of carbonyl (C=O) groups is 1. The van der Waals surface area contributed by atoms with Crippen LogP contribution in [0.5, 0.6) is 0 Å². The highest BCUT2D eigenvalue weighted by molar-refractivity contribution is 5.91. The molecule has 0 atom stereocenters. The van der Waals surface area contributed by atoms with E-state index in [2.05, 4.69) is 10.3 Å². The van der Waals surface area contributed by atoms with Crippen molar-refractivity contribution >= 4 is 11.7 Å². The number of hydrogen-bond donors (Lipinski definition) is 2. The summed E-state index contributed by atoms with van der Waals surface area (Å²) >= 11 is 0. The van der Waals surface area contributed by atoms with Crippen LogP contribution in [0.2, 0.25) is 0 Å². The number of amides is 1. The number of anilines is 1. The van der Waals surface area contributed by atoms with E-state index in [9.17, 15) is 4.79 Å². The van der Waals surface area contributed by atoms with Crippen molar-refractivity contribution < 1.29 is 4.79 Å². The molecular formula is C8H11N3O. The molecule has 1 rings (SSSR count). The average molecular weight is 165 g/mol. The van der Waals surface area contributed by atoms with Gasteiger partial charge in [0.15, 0.2) is 0 Å². The minimum Gasteiger partial charge on any atom is -0.322 e. The van der Waals surface area contributed by atoms with Crippen LogP contribution in [-0.2, 0) is 4.79 Å². The molecule has 0 saturated heterocycles. The normalized spacial score (nSPS) is 9.50. The molecule has 3 N–H and O–H groups in total. The number of hydrogen-bond acceptors (Lipinski definition) is 3. The maximum Gasteiger partial charge on any atom is 0.239 e. The van der Waals surface area contributed by atoms with E-state index in [1.807, 2.05) is 13.0 Å². The van der Waals surface area contributed by atoms with Crippen molar-refractivity contribution in [3.05, 3.63) is 23.9 Å². The highest BCUT2D eigenvalue weighted by Gasteiger charge is 1.98. The molecule has 0 fully saturated rings. The molecule has 12 heavy (non-hydrogen) atoms. The predicted octanol–water partition coefficient (Wildman–Crippen LogP) is 0.287. The molecule has 64 valence electrons. The van der Waals surface area contributed by atoms with Gasteiger partial charge in [-0.3, -0.25) is 4.79 Å². The van der Waals surface area contributed by atoms with E-state index in [-0.39, 0.29) is 12.5 Å². The minimum absolute atomic E-state index is 0.0183. The number of nitrogens with two attached hydrogens (primary N) is 1. The first-order valence-electron chi connectivity index (χ1n) is 3.65. The van der Waals surface area contributed by atoms with Crippen LogP contribution in [-0.4, -0.2) is 17.4 Å². The number of nitrogens with zero attached hydrogens (tertiary/aromatic N) is 1. The fraction of sp³-hybridized carbons (Fsp3) is 0.250. The van der Waals surface area contributed by atoms with Crippen LogP contribution in [0.4, 0.5) is 5.82 Å². The fourth-order valence-corrected chi connectivity index (χ4v) is 0.736. The van der Waals surface area contributed by atoms with Crippen molar-refractivity contribution in [2.45, 2.75) is 6.92 Å². The molecular weight excluding hydrogens is 154 g/mol. The van der Waals surface area contributed by atoms with Gasteiger partial charge in [0.1, 0.15) is 5.82 Å². The Kier molecular flexibility index (Phi) is 2.76. The van der Waals surface area contributed by atoms with Crippen molar-refractivity contribution in [2.24, 2.45) is 5.73 Å². The first kappa shape index (κ1) is 8.67. The van der Waals surface area contributed by atoms with Crippen LogP contribution in [0, 0.1) is 6.92 Å². The Labute approximate surface area is 70.8 Å². The molecule has 0 bridgehead atoms. The third-order valence-corrected chi connectivity index (χ3v) is 1.36. The molecule has 0 aromatic carbocycles. The Morgan fingerprint density at radius 1 is 1.67 bits per heavy atom. The number of rotatable bonds is 2. The summed E-state index contributed by atoms with van der Waals surface area (Å²) in [5, 5.41) is 2.54. The monoisotopic (exact) mass is 165 g/mol. The third kappa shape index (κ3) is 2.32. The SMILES string of the molecule is Cc1ccc(NC(=O)CN)nc1. The van der Waals surface area contributed by atoms with E-state index < -0.39 is 0 Å². The van der Waals surface area contributed by atoms with Gasteiger partial charge >= 0.3 is 0 Å². The fourth-order valence-electron chi connectivity index (χ4n) is 0.736.